The number of nitrogens with one attached hydrogen (secondary N) is 1. The average molecular weight is 394 g/mol. The molecule has 1 atom stereocenters. The Hall–Kier alpha value is -2.35. The van der Waals surface area contributed by atoms with Crippen LogP contribution in [0, 0.1) is 0 Å². The molecule has 1 amide bonds. The maximum Gasteiger partial charge on any atom is 0.416 e. The van der Waals surface area contributed by atoms with E-state index >= 15 is 0 Å². The molecule has 1 aliphatic heterocycles. The summed E-state index contributed by atoms with van der Waals surface area (Å²) in [6.07, 6.45) is 4.17. The number of imidazole rings is 1. The van der Waals surface area contributed by atoms with Crippen LogP contribution >= 0.6 is 0 Å². The molecule has 28 heavy (non-hydrogen) atoms. The van der Waals surface area contributed by atoms with E-state index < -0.39 is 11.7 Å². The highest BCUT2D eigenvalue weighted by molar-refractivity contribution is 5.78. The van der Waals surface area contributed by atoms with Gasteiger partial charge in [-0.1, -0.05) is 18.2 Å². The SMILES string of the molecule is O=C1CC[C@@H](CCNCc2cccc(C(F)(F)F)c2)N1CCCn1ccnc1. The first-order chi connectivity index (χ1) is 13.4. The lowest BCUT2D eigenvalue weighted by Crippen LogP contribution is -2.36. The van der Waals surface area contributed by atoms with Crippen molar-refractivity contribution in [1.82, 2.24) is 19.8 Å². The second-order valence-corrected chi connectivity index (χ2v) is 7.10. The van der Waals surface area contributed by atoms with Gasteiger partial charge in [0.25, 0.3) is 0 Å². The zero-order valence-electron chi connectivity index (χ0n) is 15.7. The molecule has 1 aromatic carbocycles. The minimum atomic E-state index is -4.32. The first kappa shape index (κ1) is 20.4. The molecule has 0 unspecified atom stereocenters. The summed E-state index contributed by atoms with van der Waals surface area (Å²) in [6, 6.07) is 5.56. The molecule has 152 valence electrons. The zero-order chi connectivity index (χ0) is 20.0. The second-order valence-electron chi connectivity index (χ2n) is 7.10. The number of carbonyl (C=O) groups is 1. The number of hydrogen-bond acceptors (Lipinski definition) is 3. The number of carbonyl (C=O) groups excluding carboxylic acids is 1. The Kier molecular flexibility index (Phi) is 6.72. The normalized spacial score (nSPS) is 17.5. The highest BCUT2D eigenvalue weighted by atomic mass is 19.4. The third kappa shape index (κ3) is 5.58. The minimum absolute atomic E-state index is 0.188. The molecule has 1 aliphatic rings. The van der Waals surface area contributed by atoms with E-state index in [1.165, 1.54) is 12.1 Å². The van der Waals surface area contributed by atoms with Crippen LogP contribution in [0.15, 0.2) is 43.0 Å². The Labute approximate surface area is 162 Å². The Morgan fingerprint density at radius 3 is 2.86 bits per heavy atom. The van der Waals surface area contributed by atoms with Crippen molar-refractivity contribution in [1.29, 1.82) is 0 Å². The molecular formula is C20H25F3N4O. The van der Waals surface area contributed by atoms with Crippen molar-refractivity contribution in [3.8, 4) is 0 Å². The van der Waals surface area contributed by atoms with E-state index in [0.717, 1.165) is 38.4 Å². The van der Waals surface area contributed by atoms with Crippen molar-refractivity contribution >= 4 is 5.91 Å². The highest BCUT2D eigenvalue weighted by Crippen LogP contribution is 2.29. The number of halogens is 3. The van der Waals surface area contributed by atoms with Crippen LogP contribution in [-0.2, 0) is 24.1 Å². The fourth-order valence-corrected chi connectivity index (χ4v) is 3.60. The predicted octanol–water partition coefficient (Wildman–Crippen LogP) is 3.46. The third-order valence-corrected chi connectivity index (χ3v) is 5.06. The molecule has 8 heteroatoms. The summed E-state index contributed by atoms with van der Waals surface area (Å²) in [5, 5.41) is 3.20. The van der Waals surface area contributed by atoms with Crippen molar-refractivity contribution in [2.24, 2.45) is 0 Å². The van der Waals surface area contributed by atoms with E-state index in [9.17, 15) is 18.0 Å². The van der Waals surface area contributed by atoms with Crippen molar-refractivity contribution < 1.29 is 18.0 Å². The van der Waals surface area contributed by atoms with Gasteiger partial charge < -0.3 is 14.8 Å². The molecule has 2 aromatic rings. The van der Waals surface area contributed by atoms with Gasteiger partial charge in [-0.15, -0.1) is 0 Å². The number of alkyl halides is 3. The summed E-state index contributed by atoms with van der Waals surface area (Å²) in [5.74, 6) is 0.188. The van der Waals surface area contributed by atoms with Gasteiger partial charge in [0.15, 0.2) is 0 Å². The summed E-state index contributed by atoms with van der Waals surface area (Å²) < 4.78 is 40.3. The van der Waals surface area contributed by atoms with Crippen LogP contribution in [0.3, 0.4) is 0 Å². The third-order valence-electron chi connectivity index (χ3n) is 5.06. The maximum atomic E-state index is 12.8. The Bertz CT molecular complexity index is 761. The van der Waals surface area contributed by atoms with Crippen LogP contribution in [0.2, 0.25) is 0 Å². The second kappa shape index (κ2) is 9.23. The number of rotatable bonds is 9. The van der Waals surface area contributed by atoms with Crippen LogP contribution in [-0.4, -0.2) is 39.5 Å². The molecule has 0 bridgehead atoms. The highest BCUT2D eigenvalue weighted by Gasteiger charge is 2.31. The quantitative estimate of drug-likeness (QED) is 0.663. The largest absolute Gasteiger partial charge is 0.416 e. The van der Waals surface area contributed by atoms with Gasteiger partial charge in [-0.3, -0.25) is 4.79 Å². The molecule has 0 radical (unpaired) electrons. The average Bonchev–Trinajstić information content (AvgIpc) is 3.29. The number of aryl methyl sites for hydroxylation is 1. The van der Waals surface area contributed by atoms with E-state index in [1.54, 1.807) is 18.6 Å². The number of aromatic nitrogens is 2. The first-order valence-corrected chi connectivity index (χ1v) is 9.55. The fourth-order valence-electron chi connectivity index (χ4n) is 3.60. The van der Waals surface area contributed by atoms with Crippen molar-refractivity contribution in [3.63, 3.8) is 0 Å². The molecule has 1 aromatic heterocycles. The summed E-state index contributed by atoms with van der Waals surface area (Å²) in [7, 11) is 0. The monoisotopic (exact) mass is 394 g/mol. The van der Waals surface area contributed by atoms with Crippen molar-refractivity contribution in [2.75, 3.05) is 13.1 Å². The molecule has 1 fully saturated rings. The van der Waals surface area contributed by atoms with Crippen LogP contribution in [0.1, 0.15) is 36.8 Å². The lowest BCUT2D eigenvalue weighted by Gasteiger charge is -2.25. The predicted molar refractivity (Wildman–Crippen MR) is 99.3 cm³/mol. The molecule has 0 spiro atoms. The fraction of sp³-hybridized carbons (Fsp3) is 0.500. The zero-order valence-corrected chi connectivity index (χ0v) is 15.7. The molecule has 5 nitrogen and oxygen atoms in total. The van der Waals surface area contributed by atoms with Crippen LogP contribution in [0.4, 0.5) is 13.2 Å². The van der Waals surface area contributed by atoms with Gasteiger partial charge in [0.2, 0.25) is 5.91 Å². The molecule has 3 rings (SSSR count). The van der Waals surface area contributed by atoms with Gasteiger partial charge in [-0.05, 0) is 37.4 Å². The Morgan fingerprint density at radius 2 is 2.11 bits per heavy atom. The van der Waals surface area contributed by atoms with E-state index in [2.05, 4.69) is 10.3 Å². The van der Waals surface area contributed by atoms with E-state index in [4.69, 9.17) is 0 Å². The van der Waals surface area contributed by atoms with Gasteiger partial charge in [-0.25, -0.2) is 4.98 Å². The molecule has 0 aliphatic carbocycles. The molecule has 1 saturated heterocycles. The van der Waals surface area contributed by atoms with Gasteiger partial charge in [0.1, 0.15) is 0 Å². The number of likely N-dealkylation sites (tertiary alicyclic amines) is 1. The van der Waals surface area contributed by atoms with Crippen molar-refractivity contribution in [2.45, 2.75) is 51.0 Å². The van der Waals surface area contributed by atoms with Gasteiger partial charge in [0.05, 0.1) is 11.9 Å². The standard InChI is InChI=1S/C20H25F3N4O/c21-20(22,23)17-4-1-3-16(13-17)14-24-8-7-18-5-6-19(28)27(18)11-2-10-26-12-9-25-15-26/h1,3-4,9,12-13,15,18,24H,2,5-8,10-11,14H2/t18-/m0/s1. The first-order valence-electron chi connectivity index (χ1n) is 9.55. The Morgan fingerprint density at radius 1 is 1.25 bits per heavy atom. The topological polar surface area (TPSA) is 50.2 Å². The summed E-state index contributed by atoms with van der Waals surface area (Å²) in [5.41, 5.74) is -0.0215. The minimum Gasteiger partial charge on any atom is -0.340 e. The van der Waals surface area contributed by atoms with Crippen LogP contribution < -0.4 is 5.32 Å². The smallest absolute Gasteiger partial charge is 0.340 e. The Balaban J connectivity index is 1.41. The van der Waals surface area contributed by atoms with Gasteiger partial charge in [-0.2, -0.15) is 13.2 Å². The number of benzene rings is 1. The lowest BCUT2D eigenvalue weighted by molar-refractivity contribution is -0.137. The molecule has 1 N–H and O–H groups in total. The van der Waals surface area contributed by atoms with Crippen LogP contribution in [0.5, 0.6) is 0 Å². The summed E-state index contributed by atoms with van der Waals surface area (Å²) in [6.45, 7) is 2.58. The summed E-state index contributed by atoms with van der Waals surface area (Å²) in [4.78, 5) is 18.1. The number of hydrogen-bond donors (Lipinski definition) is 1. The lowest BCUT2D eigenvalue weighted by atomic mass is 10.1. The van der Waals surface area contributed by atoms with Gasteiger partial charge in [0, 0.05) is 44.5 Å². The summed E-state index contributed by atoms with van der Waals surface area (Å²) >= 11 is 0. The maximum absolute atomic E-state index is 12.8. The molecule has 0 saturated carbocycles. The van der Waals surface area contributed by atoms with Crippen LogP contribution in [0.25, 0.3) is 0 Å². The van der Waals surface area contributed by atoms with E-state index in [1.807, 2.05) is 15.7 Å². The van der Waals surface area contributed by atoms with Gasteiger partial charge >= 0.3 is 6.18 Å². The number of nitrogens with zero attached hydrogens (tertiary/aromatic N) is 3. The van der Waals surface area contributed by atoms with E-state index in [-0.39, 0.29) is 11.9 Å². The molecular weight excluding hydrogens is 369 g/mol. The molecule has 2 heterocycles. The van der Waals surface area contributed by atoms with Crippen molar-refractivity contribution in [3.05, 3.63) is 54.1 Å². The van der Waals surface area contributed by atoms with E-state index in [0.29, 0.717) is 25.1 Å². The number of amides is 1.